The molecule has 2 unspecified atom stereocenters. The number of aromatic nitrogens is 2. The first kappa shape index (κ1) is 19.8. The first-order chi connectivity index (χ1) is 14.4. The van der Waals surface area contributed by atoms with Gasteiger partial charge in [-0.1, -0.05) is 0 Å². The van der Waals surface area contributed by atoms with Gasteiger partial charge in [-0.25, -0.2) is 18.4 Å². The van der Waals surface area contributed by atoms with Gasteiger partial charge in [-0.15, -0.1) is 0 Å². The highest BCUT2D eigenvalue weighted by Gasteiger charge is 2.39. The van der Waals surface area contributed by atoms with E-state index in [-0.39, 0.29) is 11.4 Å². The minimum atomic E-state index is -3.18. The summed E-state index contributed by atoms with van der Waals surface area (Å²) in [7, 11) is 2.96. The van der Waals surface area contributed by atoms with Crippen molar-refractivity contribution >= 4 is 29.3 Å². The third kappa shape index (κ3) is 3.69. The fourth-order valence-electron chi connectivity index (χ4n) is 4.53. The number of piperidine rings is 1. The molecule has 1 saturated carbocycles. The Bertz CT molecular complexity index is 1030. The molecule has 1 aliphatic carbocycles. The highest BCUT2D eigenvalue weighted by Crippen LogP contribution is 2.37. The van der Waals surface area contributed by atoms with E-state index in [0.717, 1.165) is 49.8 Å². The average Bonchev–Trinajstić information content (AvgIpc) is 3.55. The van der Waals surface area contributed by atoms with Gasteiger partial charge in [-0.2, -0.15) is 0 Å². The maximum atomic E-state index is 12.4. The van der Waals surface area contributed by atoms with Crippen LogP contribution in [-0.2, 0) is 9.84 Å². The number of fused-ring (bicyclic) bond motifs is 2. The summed E-state index contributed by atoms with van der Waals surface area (Å²) in [5, 5.41) is 3.05. The molecule has 156 valence electrons. The maximum Gasteiger partial charge on any atom is 0.221 e. The molecule has 3 aliphatic rings. The molecule has 2 radical (unpaired) electrons. The van der Waals surface area contributed by atoms with Gasteiger partial charge in [-0.05, 0) is 69.7 Å². The largest absolute Gasteiger partial charge is 0.474 e. The van der Waals surface area contributed by atoms with Crippen LogP contribution in [0.5, 0.6) is 5.88 Å². The third-order valence-electron chi connectivity index (χ3n) is 6.47. The molecule has 3 heterocycles. The minimum Gasteiger partial charge on any atom is -0.474 e. The fraction of sp³-hybridized carbons (Fsp3) is 0.524. The number of nitrogens with one attached hydrogen (secondary N) is 1. The van der Waals surface area contributed by atoms with E-state index in [9.17, 15) is 8.42 Å². The number of benzene rings is 1. The summed E-state index contributed by atoms with van der Waals surface area (Å²) in [5.74, 6) is 1.23. The Balaban J connectivity index is 1.29. The van der Waals surface area contributed by atoms with Crippen LogP contribution in [0.3, 0.4) is 0 Å². The monoisotopic (exact) mass is 424 g/mol. The molecule has 1 N–H and O–H groups in total. The van der Waals surface area contributed by atoms with Crippen molar-refractivity contribution in [2.24, 2.45) is 0 Å². The van der Waals surface area contributed by atoms with Crippen molar-refractivity contribution in [3.8, 4) is 5.88 Å². The Kier molecular flexibility index (Phi) is 4.98. The van der Waals surface area contributed by atoms with Crippen molar-refractivity contribution in [3.05, 3.63) is 36.2 Å². The van der Waals surface area contributed by atoms with Crippen molar-refractivity contribution in [2.75, 3.05) is 5.32 Å². The molecule has 9 heteroatoms. The van der Waals surface area contributed by atoms with Gasteiger partial charge in [0.1, 0.15) is 18.2 Å². The number of ether oxygens (including phenoxy) is 1. The topological polar surface area (TPSA) is 84.4 Å². The van der Waals surface area contributed by atoms with Crippen LogP contribution in [0, 0.1) is 6.92 Å². The third-order valence-corrected chi connectivity index (χ3v) is 8.75. The summed E-state index contributed by atoms with van der Waals surface area (Å²) in [6, 6.07) is 7.62. The zero-order valence-corrected chi connectivity index (χ0v) is 17.8. The van der Waals surface area contributed by atoms with Gasteiger partial charge < -0.3 is 14.9 Å². The summed E-state index contributed by atoms with van der Waals surface area (Å²) >= 11 is 0. The molecular weight excluding hydrogens is 399 g/mol. The number of hydrogen-bond donors (Lipinski definition) is 1. The summed E-state index contributed by atoms with van der Waals surface area (Å²) in [4.78, 5) is 11.0. The normalized spacial score (nSPS) is 26.5. The molecule has 3 atom stereocenters. The zero-order chi connectivity index (χ0) is 20.9. The second-order valence-electron chi connectivity index (χ2n) is 8.59. The fourth-order valence-corrected chi connectivity index (χ4v) is 6.19. The maximum absolute atomic E-state index is 12.4. The second kappa shape index (κ2) is 7.53. The summed E-state index contributed by atoms with van der Waals surface area (Å²) in [6.07, 6.45) is 7.20. The Morgan fingerprint density at radius 1 is 1.07 bits per heavy atom. The van der Waals surface area contributed by atoms with E-state index in [2.05, 4.69) is 15.3 Å². The molecule has 1 aromatic carbocycles. The van der Waals surface area contributed by atoms with Crippen molar-refractivity contribution in [3.63, 3.8) is 0 Å². The highest BCUT2D eigenvalue weighted by atomic mass is 32.2. The molecule has 0 spiro atoms. The van der Waals surface area contributed by atoms with Crippen molar-refractivity contribution in [1.29, 1.82) is 0 Å². The summed E-state index contributed by atoms with van der Waals surface area (Å²) in [5.41, 5.74) is 1.60. The van der Waals surface area contributed by atoms with Gasteiger partial charge in [-0.3, -0.25) is 0 Å². The van der Waals surface area contributed by atoms with Gasteiger partial charge in [0, 0.05) is 17.8 Å². The van der Waals surface area contributed by atoms with Crippen LogP contribution in [0.15, 0.2) is 35.5 Å². The van der Waals surface area contributed by atoms with Crippen LogP contribution in [0.2, 0.25) is 0 Å². The first-order valence-corrected chi connectivity index (χ1v) is 12.1. The lowest BCUT2D eigenvalue weighted by Gasteiger charge is -2.36. The lowest BCUT2D eigenvalue weighted by molar-refractivity contribution is 0.0922. The molecule has 1 aromatic heterocycles. The van der Waals surface area contributed by atoms with Crippen molar-refractivity contribution in [1.82, 2.24) is 14.8 Å². The van der Waals surface area contributed by atoms with E-state index < -0.39 is 9.84 Å². The Morgan fingerprint density at radius 2 is 1.73 bits per heavy atom. The predicted molar refractivity (Wildman–Crippen MR) is 115 cm³/mol. The lowest BCUT2D eigenvalue weighted by atomic mass is 9.96. The molecule has 5 rings (SSSR count). The average molecular weight is 424 g/mol. The van der Waals surface area contributed by atoms with E-state index in [0.29, 0.717) is 28.7 Å². The van der Waals surface area contributed by atoms with Crippen molar-refractivity contribution in [2.45, 2.75) is 73.8 Å². The zero-order valence-electron chi connectivity index (χ0n) is 17.0. The minimum absolute atomic E-state index is 0.107. The van der Waals surface area contributed by atoms with Gasteiger partial charge >= 0.3 is 0 Å². The number of hydrogen-bond acceptors (Lipinski definition) is 7. The van der Waals surface area contributed by atoms with E-state index in [1.165, 1.54) is 6.33 Å². The molecule has 2 saturated heterocycles. The van der Waals surface area contributed by atoms with Crippen LogP contribution >= 0.6 is 0 Å². The summed E-state index contributed by atoms with van der Waals surface area (Å²) < 4.78 is 30.9. The Labute approximate surface area is 178 Å². The lowest BCUT2D eigenvalue weighted by Crippen LogP contribution is -2.44. The number of sulfone groups is 1. The van der Waals surface area contributed by atoms with Crippen molar-refractivity contribution < 1.29 is 13.2 Å². The molecule has 7 nitrogen and oxygen atoms in total. The Hall–Kier alpha value is -2.13. The van der Waals surface area contributed by atoms with E-state index in [4.69, 9.17) is 12.7 Å². The van der Waals surface area contributed by atoms with Gasteiger partial charge in [0.05, 0.1) is 15.7 Å². The van der Waals surface area contributed by atoms with Crippen LogP contribution < -0.4 is 10.1 Å². The van der Waals surface area contributed by atoms with Crippen LogP contribution in [0.1, 0.15) is 44.1 Å². The molecule has 2 aliphatic heterocycles. The van der Waals surface area contributed by atoms with Crippen LogP contribution in [-0.4, -0.2) is 54.6 Å². The second-order valence-corrected chi connectivity index (χ2v) is 10.8. The Morgan fingerprint density at radius 3 is 2.37 bits per heavy atom. The molecular formula is C21H25BN4O3S. The van der Waals surface area contributed by atoms with E-state index >= 15 is 0 Å². The van der Waals surface area contributed by atoms with Gasteiger partial charge in [0.25, 0.3) is 0 Å². The smallest absolute Gasteiger partial charge is 0.221 e. The standard InChI is InChI=1S/C21H25BN4O3S/c1-13-20(25-14-2-6-18(7-3-14)30(27,28)19-8-9-19)23-12-24-21(13)29-17-10-15-4-5-16(11-17)26(15)22/h2-3,6-7,12,15-17,19H,4-5,8-11H2,1H3,(H,23,24,25)/t15-,16?,17?/m0/s1. The van der Waals surface area contributed by atoms with E-state index in [1.54, 1.807) is 24.3 Å². The number of nitrogens with zero attached hydrogens (tertiary/aromatic N) is 3. The summed E-state index contributed by atoms with van der Waals surface area (Å²) in [6.45, 7) is 1.93. The van der Waals surface area contributed by atoms with Crippen LogP contribution in [0.4, 0.5) is 11.5 Å². The molecule has 30 heavy (non-hydrogen) atoms. The first-order valence-electron chi connectivity index (χ1n) is 10.5. The molecule has 3 fully saturated rings. The van der Waals surface area contributed by atoms with Gasteiger partial charge in [0.2, 0.25) is 5.88 Å². The number of rotatable bonds is 6. The quantitative estimate of drug-likeness (QED) is 0.714. The molecule has 2 aromatic rings. The SMILES string of the molecule is [B]N1C2CC[C@H]1CC(Oc1ncnc(Nc3ccc(S(=O)(=O)C4CC4)cc3)c1C)C2. The van der Waals surface area contributed by atoms with E-state index in [1.807, 2.05) is 11.7 Å². The highest BCUT2D eigenvalue weighted by molar-refractivity contribution is 7.92. The molecule has 0 amide bonds. The number of anilines is 2. The van der Waals surface area contributed by atoms with Gasteiger partial charge in [0.15, 0.2) is 17.8 Å². The van der Waals surface area contributed by atoms with Crippen LogP contribution in [0.25, 0.3) is 0 Å². The predicted octanol–water partition coefficient (Wildman–Crippen LogP) is 2.92. The molecule has 2 bridgehead atoms.